The Morgan fingerprint density at radius 1 is 1.07 bits per heavy atom. The molecule has 0 spiro atoms. The number of esters is 1. The molecule has 0 aromatic heterocycles. The summed E-state index contributed by atoms with van der Waals surface area (Å²) < 4.78 is 19.1. The van der Waals surface area contributed by atoms with Crippen LogP contribution in [0.3, 0.4) is 0 Å². The van der Waals surface area contributed by atoms with Gasteiger partial charge < -0.3 is 10.1 Å². The summed E-state index contributed by atoms with van der Waals surface area (Å²) in [7, 11) is 0. The van der Waals surface area contributed by atoms with Crippen molar-refractivity contribution in [1.82, 2.24) is 5.32 Å². The topological polar surface area (TPSA) is 55.4 Å². The first kappa shape index (κ1) is 20.1. The fraction of sp³-hybridized carbons (Fsp3) is 0.391. The van der Waals surface area contributed by atoms with Gasteiger partial charge in [-0.05, 0) is 36.5 Å². The second-order valence-corrected chi connectivity index (χ2v) is 7.43. The average Bonchev–Trinajstić information content (AvgIpc) is 3.51. The van der Waals surface area contributed by atoms with Crippen LogP contribution in [0.5, 0.6) is 0 Å². The van der Waals surface area contributed by atoms with Gasteiger partial charge in [0.15, 0.2) is 0 Å². The molecule has 1 N–H and O–H groups in total. The van der Waals surface area contributed by atoms with Gasteiger partial charge in [0.25, 0.3) is 5.91 Å². The summed E-state index contributed by atoms with van der Waals surface area (Å²) in [4.78, 5) is 25.9. The number of hydrogen-bond donors (Lipinski definition) is 1. The maximum absolute atomic E-state index is 13.3. The molecule has 0 bridgehead atoms. The third kappa shape index (κ3) is 4.97. The maximum Gasteiger partial charge on any atom is 0.314 e. The van der Waals surface area contributed by atoms with E-state index >= 15 is 0 Å². The Morgan fingerprint density at radius 2 is 1.71 bits per heavy atom. The summed E-state index contributed by atoms with van der Waals surface area (Å²) in [6.45, 7) is 4.02. The molecule has 1 amide bonds. The van der Waals surface area contributed by atoms with Gasteiger partial charge in [0.1, 0.15) is 5.82 Å². The predicted octanol–water partition coefficient (Wildman–Crippen LogP) is 4.52. The van der Waals surface area contributed by atoms with E-state index in [2.05, 4.69) is 5.32 Å². The highest BCUT2D eigenvalue weighted by molar-refractivity contribution is 5.87. The van der Waals surface area contributed by atoms with Crippen molar-refractivity contribution in [2.75, 3.05) is 0 Å². The van der Waals surface area contributed by atoms with Crippen molar-refractivity contribution < 1.29 is 18.7 Å². The van der Waals surface area contributed by atoms with Crippen molar-refractivity contribution in [2.24, 2.45) is 5.92 Å². The van der Waals surface area contributed by atoms with Crippen LogP contribution in [-0.4, -0.2) is 17.9 Å². The summed E-state index contributed by atoms with van der Waals surface area (Å²) in [5, 5.41) is 2.88. The number of benzene rings is 2. The zero-order valence-electron chi connectivity index (χ0n) is 16.2. The summed E-state index contributed by atoms with van der Waals surface area (Å²) in [6, 6.07) is 15.1. The van der Waals surface area contributed by atoms with Gasteiger partial charge in [-0.15, -0.1) is 0 Å². The third-order valence-electron chi connectivity index (χ3n) is 5.19. The van der Waals surface area contributed by atoms with E-state index in [1.54, 1.807) is 0 Å². The summed E-state index contributed by atoms with van der Waals surface area (Å²) in [6.07, 6.45) is 1.55. The minimum absolute atomic E-state index is 0.0512. The van der Waals surface area contributed by atoms with Crippen LogP contribution in [-0.2, 0) is 14.3 Å². The van der Waals surface area contributed by atoms with E-state index in [1.807, 2.05) is 44.2 Å². The van der Waals surface area contributed by atoms with Gasteiger partial charge in [-0.3, -0.25) is 9.59 Å². The molecule has 3 rings (SSSR count). The van der Waals surface area contributed by atoms with Gasteiger partial charge in [-0.1, -0.05) is 62.7 Å². The normalized spacial score (nSPS) is 16.7. The average molecular weight is 383 g/mol. The third-order valence-corrected chi connectivity index (χ3v) is 5.19. The zero-order chi connectivity index (χ0) is 20.1. The molecule has 3 unspecified atom stereocenters. The molecular formula is C23H26FNO3. The van der Waals surface area contributed by atoms with E-state index in [1.165, 1.54) is 24.3 Å². The maximum atomic E-state index is 13.3. The van der Waals surface area contributed by atoms with E-state index in [-0.39, 0.29) is 17.9 Å². The lowest BCUT2D eigenvalue weighted by molar-refractivity contribution is -0.159. The minimum atomic E-state index is -1.09. The summed E-state index contributed by atoms with van der Waals surface area (Å²) >= 11 is 0. The first-order valence-electron chi connectivity index (χ1n) is 9.81. The molecule has 4 nitrogen and oxygen atoms in total. The van der Waals surface area contributed by atoms with Crippen molar-refractivity contribution in [3.05, 3.63) is 71.5 Å². The largest absolute Gasteiger partial charge is 0.447 e. The second-order valence-electron chi connectivity index (χ2n) is 7.43. The highest BCUT2D eigenvalue weighted by atomic mass is 19.1. The van der Waals surface area contributed by atoms with Crippen LogP contribution in [0.2, 0.25) is 0 Å². The number of carbonyl (C=O) groups excluding carboxylic acids is 2. The molecule has 0 saturated heterocycles. The fourth-order valence-corrected chi connectivity index (χ4v) is 3.20. The number of rotatable bonds is 8. The smallest absolute Gasteiger partial charge is 0.314 e. The molecular weight excluding hydrogens is 357 g/mol. The molecule has 1 aliphatic rings. The van der Waals surface area contributed by atoms with Crippen LogP contribution in [0.4, 0.5) is 4.39 Å². The fourth-order valence-electron chi connectivity index (χ4n) is 3.20. The van der Waals surface area contributed by atoms with Crippen molar-refractivity contribution >= 4 is 11.9 Å². The Morgan fingerprint density at radius 3 is 2.29 bits per heavy atom. The molecule has 1 aliphatic carbocycles. The van der Waals surface area contributed by atoms with Crippen molar-refractivity contribution in [2.45, 2.75) is 51.2 Å². The summed E-state index contributed by atoms with van der Waals surface area (Å²) in [5.41, 5.74) is 1.33. The first-order chi connectivity index (χ1) is 13.5. The Bertz CT molecular complexity index is 802. The SMILES string of the molecule is CCC(C)C(C(=O)OC(C(=O)NC1CC1)c1ccc(F)cc1)c1ccccc1. The number of amides is 1. The number of ether oxygens (including phenoxy) is 1. The molecule has 3 atom stereocenters. The van der Waals surface area contributed by atoms with E-state index < -0.39 is 23.8 Å². The molecule has 0 aliphatic heterocycles. The van der Waals surface area contributed by atoms with Gasteiger partial charge in [0.05, 0.1) is 5.92 Å². The van der Waals surface area contributed by atoms with Crippen molar-refractivity contribution in [3.8, 4) is 0 Å². The van der Waals surface area contributed by atoms with Crippen molar-refractivity contribution in [3.63, 3.8) is 0 Å². The van der Waals surface area contributed by atoms with E-state index in [0.717, 1.165) is 24.8 Å². The highest BCUT2D eigenvalue weighted by Crippen LogP contribution is 2.31. The summed E-state index contributed by atoms with van der Waals surface area (Å²) in [5.74, 6) is -1.63. The van der Waals surface area contributed by atoms with Crippen LogP contribution < -0.4 is 5.32 Å². The van der Waals surface area contributed by atoms with Gasteiger partial charge in [-0.25, -0.2) is 4.39 Å². The van der Waals surface area contributed by atoms with E-state index in [0.29, 0.717) is 5.56 Å². The van der Waals surface area contributed by atoms with Crippen LogP contribution >= 0.6 is 0 Å². The Labute approximate surface area is 165 Å². The molecule has 0 radical (unpaired) electrons. The van der Waals surface area contributed by atoms with Gasteiger partial charge >= 0.3 is 5.97 Å². The van der Waals surface area contributed by atoms with Gasteiger partial charge in [-0.2, -0.15) is 0 Å². The Hall–Kier alpha value is -2.69. The number of nitrogens with one attached hydrogen (secondary N) is 1. The predicted molar refractivity (Wildman–Crippen MR) is 105 cm³/mol. The van der Waals surface area contributed by atoms with Gasteiger partial charge in [0, 0.05) is 11.6 Å². The molecule has 1 fully saturated rings. The van der Waals surface area contributed by atoms with Crippen LogP contribution in [0.15, 0.2) is 54.6 Å². The van der Waals surface area contributed by atoms with Crippen LogP contribution in [0.1, 0.15) is 56.3 Å². The van der Waals surface area contributed by atoms with Crippen LogP contribution in [0, 0.1) is 11.7 Å². The quantitative estimate of drug-likeness (QED) is 0.682. The Balaban J connectivity index is 1.85. The highest BCUT2D eigenvalue weighted by Gasteiger charge is 2.34. The molecule has 2 aromatic rings. The van der Waals surface area contributed by atoms with E-state index in [9.17, 15) is 14.0 Å². The molecule has 148 valence electrons. The molecule has 0 heterocycles. The monoisotopic (exact) mass is 383 g/mol. The van der Waals surface area contributed by atoms with Crippen LogP contribution in [0.25, 0.3) is 0 Å². The molecule has 5 heteroatoms. The lowest BCUT2D eigenvalue weighted by Gasteiger charge is -2.25. The lowest BCUT2D eigenvalue weighted by atomic mass is 9.85. The number of halogens is 1. The van der Waals surface area contributed by atoms with Crippen molar-refractivity contribution in [1.29, 1.82) is 0 Å². The minimum Gasteiger partial charge on any atom is -0.447 e. The standard InChI is InChI=1S/C23H26FNO3/c1-3-15(2)20(16-7-5-4-6-8-16)23(27)28-21(22(26)25-19-13-14-19)17-9-11-18(24)12-10-17/h4-12,15,19-21H,3,13-14H2,1-2H3,(H,25,26). The lowest BCUT2D eigenvalue weighted by Crippen LogP contribution is -2.35. The van der Waals surface area contributed by atoms with Gasteiger partial charge in [0.2, 0.25) is 6.10 Å². The van der Waals surface area contributed by atoms with E-state index in [4.69, 9.17) is 4.74 Å². The molecule has 28 heavy (non-hydrogen) atoms. The second kappa shape index (κ2) is 9.00. The first-order valence-corrected chi connectivity index (χ1v) is 9.81. The molecule has 2 aromatic carbocycles. The number of carbonyl (C=O) groups is 2. The molecule has 1 saturated carbocycles. The Kier molecular flexibility index (Phi) is 6.45. The number of hydrogen-bond acceptors (Lipinski definition) is 3. The zero-order valence-corrected chi connectivity index (χ0v) is 16.2.